The summed E-state index contributed by atoms with van der Waals surface area (Å²) in [5.41, 5.74) is 6.38. The second kappa shape index (κ2) is 5.98. The Morgan fingerprint density at radius 3 is 2.67 bits per heavy atom. The highest BCUT2D eigenvalue weighted by molar-refractivity contribution is 7.13. The standard InChI is InChI=1S/C11H18N2OS/c1-3-9-11(8(2)14)15-10(13-9)6-4-5-7-12/h3-7,12H2,1-2H3. The molecule has 0 unspecified atom stereocenters. The Balaban J connectivity index is 2.70. The third-order valence-corrected chi connectivity index (χ3v) is 3.50. The molecule has 0 aliphatic rings. The van der Waals surface area contributed by atoms with E-state index < -0.39 is 0 Å². The second-order valence-electron chi connectivity index (χ2n) is 3.54. The van der Waals surface area contributed by atoms with Gasteiger partial charge in [-0.1, -0.05) is 6.92 Å². The maximum absolute atomic E-state index is 11.3. The van der Waals surface area contributed by atoms with Crippen LogP contribution in [0.2, 0.25) is 0 Å². The molecule has 2 N–H and O–H groups in total. The van der Waals surface area contributed by atoms with Gasteiger partial charge in [0.1, 0.15) is 0 Å². The number of unbranched alkanes of at least 4 members (excludes halogenated alkanes) is 1. The summed E-state index contributed by atoms with van der Waals surface area (Å²) in [6, 6.07) is 0. The van der Waals surface area contributed by atoms with Crippen LogP contribution >= 0.6 is 11.3 Å². The summed E-state index contributed by atoms with van der Waals surface area (Å²) >= 11 is 1.54. The minimum absolute atomic E-state index is 0.134. The number of ketones is 1. The number of aromatic nitrogens is 1. The maximum atomic E-state index is 11.3. The summed E-state index contributed by atoms with van der Waals surface area (Å²) in [5.74, 6) is 0.134. The zero-order valence-electron chi connectivity index (χ0n) is 9.38. The molecule has 3 nitrogen and oxygen atoms in total. The zero-order chi connectivity index (χ0) is 11.3. The molecule has 84 valence electrons. The van der Waals surface area contributed by atoms with Crippen molar-refractivity contribution in [2.24, 2.45) is 5.73 Å². The van der Waals surface area contributed by atoms with Gasteiger partial charge in [0.15, 0.2) is 5.78 Å². The molecule has 0 aliphatic carbocycles. The first-order valence-electron chi connectivity index (χ1n) is 5.38. The fourth-order valence-electron chi connectivity index (χ4n) is 1.44. The Bertz CT molecular complexity index is 333. The van der Waals surface area contributed by atoms with Gasteiger partial charge in [-0.05, 0) is 32.2 Å². The first kappa shape index (κ1) is 12.3. The minimum Gasteiger partial charge on any atom is -0.330 e. The summed E-state index contributed by atoms with van der Waals surface area (Å²) in [6.07, 6.45) is 3.87. The molecular formula is C11H18N2OS. The third kappa shape index (κ3) is 3.39. The Hall–Kier alpha value is -0.740. The van der Waals surface area contributed by atoms with Crippen LogP contribution in [0.5, 0.6) is 0 Å². The van der Waals surface area contributed by atoms with Crippen molar-refractivity contribution in [3.8, 4) is 0 Å². The number of Topliss-reactive ketones (excluding diaryl/α,β-unsaturated/α-hetero) is 1. The molecule has 0 fully saturated rings. The molecule has 1 rings (SSSR count). The molecule has 4 heteroatoms. The minimum atomic E-state index is 0.134. The topological polar surface area (TPSA) is 56.0 Å². The lowest BCUT2D eigenvalue weighted by Gasteiger charge is -1.93. The average molecular weight is 226 g/mol. The highest BCUT2D eigenvalue weighted by Gasteiger charge is 2.12. The van der Waals surface area contributed by atoms with Crippen LogP contribution in [0.15, 0.2) is 0 Å². The van der Waals surface area contributed by atoms with Crippen molar-refractivity contribution < 1.29 is 4.79 Å². The Kier molecular flexibility index (Phi) is 4.91. The van der Waals surface area contributed by atoms with Crippen molar-refractivity contribution in [2.45, 2.75) is 39.5 Å². The van der Waals surface area contributed by atoms with E-state index in [0.717, 1.165) is 47.8 Å². The SMILES string of the molecule is CCc1nc(CCCCN)sc1C(C)=O. The van der Waals surface area contributed by atoms with Crippen molar-refractivity contribution in [3.05, 3.63) is 15.6 Å². The quantitative estimate of drug-likeness (QED) is 0.597. The Labute approximate surface area is 94.7 Å². The van der Waals surface area contributed by atoms with Gasteiger partial charge >= 0.3 is 0 Å². The van der Waals surface area contributed by atoms with Gasteiger partial charge in [-0.2, -0.15) is 0 Å². The summed E-state index contributed by atoms with van der Waals surface area (Å²) in [4.78, 5) is 16.6. The molecule has 1 aromatic heterocycles. The number of hydrogen-bond acceptors (Lipinski definition) is 4. The number of thiazole rings is 1. The number of carbonyl (C=O) groups is 1. The molecule has 0 atom stereocenters. The van der Waals surface area contributed by atoms with Gasteiger partial charge in [-0.3, -0.25) is 4.79 Å². The van der Waals surface area contributed by atoms with Gasteiger partial charge in [0, 0.05) is 6.92 Å². The van der Waals surface area contributed by atoms with Crippen LogP contribution in [0.4, 0.5) is 0 Å². The van der Waals surface area contributed by atoms with E-state index >= 15 is 0 Å². The Morgan fingerprint density at radius 1 is 1.47 bits per heavy atom. The smallest absolute Gasteiger partial charge is 0.171 e. The van der Waals surface area contributed by atoms with Crippen molar-refractivity contribution in [2.75, 3.05) is 6.54 Å². The number of nitrogens with two attached hydrogens (primary N) is 1. The van der Waals surface area contributed by atoms with E-state index in [2.05, 4.69) is 4.98 Å². The summed E-state index contributed by atoms with van der Waals surface area (Å²) in [6.45, 7) is 4.37. The van der Waals surface area contributed by atoms with Crippen molar-refractivity contribution >= 4 is 17.1 Å². The number of carbonyl (C=O) groups excluding carboxylic acids is 1. The molecule has 15 heavy (non-hydrogen) atoms. The molecule has 1 aromatic rings. The van der Waals surface area contributed by atoms with Crippen LogP contribution < -0.4 is 5.73 Å². The fraction of sp³-hybridized carbons (Fsp3) is 0.636. The lowest BCUT2D eigenvalue weighted by atomic mass is 10.2. The van der Waals surface area contributed by atoms with Gasteiger partial charge in [-0.15, -0.1) is 11.3 Å². The van der Waals surface area contributed by atoms with E-state index in [1.54, 1.807) is 18.3 Å². The second-order valence-corrected chi connectivity index (χ2v) is 4.62. The van der Waals surface area contributed by atoms with Crippen LogP contribution in [0.3, 0.4) is 0 Å². The first-order chi connectivity index (χ1) is 7.19. The fourth-order valence-corrected chi connectivity index (χ4v) is 2.53. The molecule has 0 saturated carbocycles. The molecule has 0 saturated heterocycles. The lowest BCUT2D eigenvalue weighted by molar-refractivity contribution is 0.102. The number of aryl methyl sites for hydroxylation is 2. The van der Waals surface area contributed by atoms with Crippen LogP contribution in [0.1, 0.15) is 47.1 Å². The van der Waals surface area contributed by atoms with Crippen molar-refractivity contribution in [1.29, 1.82) is 0 Å². The van der Waals surface area contributed by atoms with E-state index in [1.807, 2.05) is 6.92 Å². The van der Waals surface area contributed by atoms with Crippen molar-refractivity contribution in [1.82, 2.24) is 4.98 Å². The van der Waals surface area contributed by atoms with Gasteiger partial charge in [0.05, 0.1) is 15.6 Å². The normalized spacial score (nSPS) is 10.6. The molecule has 0 bridgehead atoms. The highest BCUT2D eigenvalue weighted by atomic mass is 32.1. The predicted molar refractivity (Wildman–Crippen MR) is 63.5 cm³/mol. The van der Waals surface area contributed by atoms with Crippen LogP contribution in [0, 0.1) is 0 Å². The third-order valence-electron chi connectivity index (χ3n) is 2.24. The molecule has 0 spiro atoms. The van der Waals surface area contributed by atoms with Gasteiger partial charge in [-0.25, -0.2) is 4.98 Å². The molecule has 1 heterocycles. The predicted octanol–water partition coefficient (Wildman–Crippen LogP) is 2.19. The Morgan fingerprint density at radius 2 is 2.20 bits per heavy atom. The number of nitrogens with zero attached hydrogens (tertiary/aromatic N) is 1. The number of rotatable bonds is 6. The lowest BCUT2D eigenvalue weighted by Crippen LogP contribution is -1.98. The summed E-state index contributed by atoms with van der Waals surface area (Å²) in [5, 5.41) is 1.07. The molecular weight excluding hydrogens is 208 g/mol. The van der Waals surface area contributed by atoms with E-state index in [1.165, 1.54) is 0 Å². The zero-order valence-corrected chi connectivity index (χ0v) is 10.2. The summed E-state index contributed by atoms with van der Waals surface area (Å²) < 4.78 is 0. The van der Waals surface area contributed by atoms with E-state index in [0.29, 0.717) is 0 Å². The molecule has 0 amide bonds. The maximum Gasteiger partial charge on any atom is 0.171 e. The van der Waals surface area contributed by atoms with Gasteiger partial charge in [0.2, 0.25) is 0 Å². The average Bonchev–Trinajstić information content (AvgIpc) is 2.62. The van der Waals surface area contributed by atoms with E-state index in [9.17, 15) is 4.79 Å². The monoisotopic (exact) mass is 226 g/mol. The van der Waals surface area contributed by atoms with E-state index in [-0.39, 0.29) is 5.78 Å². The molecule has 0 radical (unpaired) electrons. The van der Waals surface area contributed by atoms with Crippen LogP contribution in [0.25, 0.3) is 0 Å². The number of hydrogen-bond donors (Lipinski definition) is 1. The van der Waals surface area contributed by atoms with Crippen LogP contribution in [-0.4, -0.2) is 17.3 Å². The largest absolute Gasteiger partial charge is 0.330 e. The van der Waals surface area contributed by atoms with Crippen LogP contribution in [-0.2, 0) is 12.8 Å². The highest BCUT2D eigenvalue weighted by Crippen LogP contribution is 2.21. The van der Waals surface area contributed by atoms with Crippen molar-refractivity contribution in [3.63, 3.8) is 0 Å². The first-order valence-corrected chi connectivity index (χ1v) is 6.20. The molecule has 0 aliphatic heterocycles. The van der Waals surface area contributed by atoms with Gasteiger partial charge in [0.25, 0.3) is 0 Å². The van der Waals surface area contributed by atoms with E-state index in [4.69, 9.17) is 5.73 Å². The molecule has 0 aromatic carbocycles. The summed E-state index contributed by atoms with van der Waals surface area (Å²) in [7, 11) is 0. The van der Waals surface area contributed by atoms with Gasteiger partial charge < -0.3 is 5.73 Å².